The SMILES string of the molecule is CC(C)C(NC(=O)NCCO)c1nc2ccccc2[nH]1. The van der Waals surface area contributed by atoms with Gasteiger partial charge in [0.25, 0.3) is 0 Å². The van der Waals surface area contributed by atoms with Gasteiger partial charge in [0, 0.05) is 6.54 Å². The molecule has 0 radical (unpaired) electrons. The first kappa shape index (κ1) is 14.3. The molecule has 1 aromatic heterocycles. The topological polar surface area (TPSA) is 90.0 Å². The zero-order valence-electron chi connectivity index (χ0n) is 11.7. The van der Waals surface area contributed by atoms with Gasteiger partial charge in [0.05, 0.1) is 23.7 Å². The lowest BCUT2D eigenvalue weighted by Gasteiger charge is -2.20. The number of fused-ring (bicyclic) bond motifs is 1. The fraction of sp³-hybridized carbons (Fsp3) is 0.429. The lowest BCUT2D eigenvalue weighted by Crippen LogP contribution is -2.41. The van der Waals surface area contributed by atoms with Crippen molar-refractivity contribution in [2.75, 3.05) is 13.2 Å². The Balaban J connectivity index is 2.17. The van der Waals surface area contributed by atoms with E-state index in [4.69, 9.17) is 5.11 Å². The van der Waals surface area contributed by atoms with Crippen LogP contribution in [0.25, 0.3) is 11.0 Å². The fourth-order valence-electron chi connectivity index (χ4n) is 2.03. The number of carbonyl (C=O) groups excluding carboxylic acids is 1. The van der Waals surface area contributed by atoms with Gasteiger partial charge in [-0.25, -0.2) is 9.78 Å². The van der Waals surface area contributed by atoms with Gasteiger partial charge in [-0.3, -0.25) is 0 Å². The number of imidazole rings is 1. The second kappa shape index (κ2) is 6.38. The third kappa shape index (κ3) is 3.27. The van der Waals surface area contributed by atoms with Crippen molar-refractivity contribution in [3.63, 3.8) is 0 Å². The standard InChI is InChI=1S/C14H20N4O2/c1-9(2)12(18-14(20)15-7-8-19)13-16-10-5-3-4-6-11(10)17-13/h3-6,9,12,19H,7-8H2,1-2H3,(H,16,17)(H2,15,18,20). The molecule has 2 amide bonds. The molecule has 1 atom stereocenters. The molecular weight excluding hydrogens is 256 g/mol. The highest BCUT2D eigenvalue weighted by Gasteiger charge is 2.21. The van der Waals surface area contributed by atoms with E-state index in [-0.39, 0.29) is 31.1 Å². The molecule has 4 N–H and O–H groups in total. The molecule has 6 nitrogen and oxygen atoms in total. The summed E-state index contributed by atoms with van der Waals surface area (Å²) in [7, 11) is 0. The highest BCUT2D eigenvalue weighted by molar-refractivity contribution is 5.76. The molecule has 1 aromatic carbocycles. The average Bonchev–Trinajstić information content (AvgIpc) is 2.85. The van der Waals surface area contributed by atoms with Crippen LogP contribution in [0.15, 0.2) is 24.3 Å². The Morgan fingerprint density at radius 1 is 1.40 bits per heavy atom. The number of H-pyrrole nitrogens is 1. The predicted molar refractivity (Wildman–Crippen MR) is 77.3 cm³/mol. The van der Waals surface area contributed by atoms with Crippen molar-refractivity contribution in [1.82, 2.24) is 20.6 Å². The normalized spacial score (nSPS) is 12.6. The number of nitrogens with one attached hydrogen (secondary N) is 3. The van der Waals surface area contributed by atoms with Gasteiger partial charge >= 0.3 is 6.03 Å². The molecule has 6 heteroatoms. The molecule has 0 aliphatic heterocycles. The van der Waals surface area contributed by atoms with Crippen molar-refractivity contribution in [2.45, 2.75) is 19.9 Å². The molecule has 0 fully saturated rings. The van der Waals surface area contributed by atoms with Crippen LogP contribution in [0.1, 0.15) is 25.7 Å². The Kier molecular flexibility index (Phi) is 4.57. The Hall–Kier alpha value is -2.08. The summed E-state index contributed by atoms with van der Waals surface area (Å²) >= 11 is 0. The summed E-state index contributed by atoms with van der Waals surface area (Å²) in [5.41, 5.74) is 1.83. The summed E-state index contributed by atoms with van der Waals surface area (Å²) in [4.78, 5) is 19.5. The van der Waals surface area contributed by atoms with Gasteiger partial charge < -0.3 is 20.7 Å². The Labute approximate surface area is 117 Å². The number of aromatic amines is 1. The van der Waals surface area contributed by atoms with E-state index in [1.165, 1.54) is 0 Å². The lowest BCUT2D eigenvalue weighted by atomic mass is 10.0. The van der Waals surface area contributed by atoms with E-state index in [1.54, 1.807) is 0 Å². The molecule has 0 aliphatic carbocycles. The third-order valence-corrected chi connectivity index (χ3v) is 3.05. The van der Waals surface area contributed by atoms with Crippen LogP contribution in [-0.4, -0.2) is 34.3 Å². The van der Waals surface area contributed by atoms with E-state index in [1.807, 2.05) is 38.1 Å². The molecule has 0 saturated heterocycles. The number of hydrogen-bond acceptors (Lipinski definition) is 3. The monoisotopic (exact) mass is 276 g/mol. The van der Waals surface area contributed by atoms with Crippen LogP contribution in [0, 0.1) is 5.92 Å². The molecule has 2 rings (SSSR count). The van der Waals surface area contributed by atoms with Crippen LogP contribution in [0.3, 0.4) is 0 Å². The van der Waals surface area contributed by atoms with Crippen molar-refractivity contribution in [2.24, 2.45) is 5.92 Å². The van der Waals surface area contributed by atoms with Crippen LogP contribution in [-0.2, 0) is 0 Å². The minimum Gasteiger partial charge on any atom is -0.395 e. The molecule has 1 unspecified atom stereocenters. The average molecular weight is 276 g/mol. The zero-order valence-corrected chi connectivity index (χ0v) is 11.7. The second-order valence-corrected chi connectivity index (χ2v) is 4.98. The number of carbonyl (C=O) groups is 1. The second-order valence-electron chi connectivity index (χ2n) is 4.98. The number of benzene rings is 1. The highest BCUT2D eigenvalue weighted by Crippen LogP contribution is 2.21. The van der Waals surface area contributed by atoms with Gasteiger partial charge in [0.15, 0.2) is 0 Å². The van der Waals surface area contributed by atoms with E-state index < -0.39 is 0 Å². The smallest absolute Gasteiger partial charge is 0.315 e. The molecule has 0 spiro atoms. The van der Waals surface area contributed by atoms with Crippen molar-refractivity contribution in [3.8, 4) is 0 Å². The Bertz CT molecular complexity index is 546. The third-order valence-electron chi connectivity index (χ3n) is 3.05. The van der Waals surface area contributed by atoms with E-state index in [2.05, 4.69) is 20.6 Å². The summed E-state index contributed by atoms with van der Waals surface area (Å²) < 4.78 is 0. The van der Waals surface area contributed by atoms with Gasteiger partial charge in [-0.1, -0.05) is 26.0 Å². The molecular formula is C14H20N4O2. The van der Waals surface area contributed by atoms with Crippen LogP contribution in [0.2, 0.25) is 0 Å². The highest BCUT2D eigenvalue weighted by atomic mass is 16.3. The van der Waals surface area contributed by atoms with E-state index in [0.29, 0.717) is 0 Å². The minimum absolute atomic E-state index is 0.0790. The summed E-state index contributed by atoms with van der Waals surface area (Å²) in [5.74, 6) is 0.927. The van der Waals surface area contributed by atoms with Gasteiger partial charge in [0.1, 0.15) is 5.82 Å². The summed E-state index contributed by atoms with van der Waals surface area (Å²) in [6.45, 7) is 4.19. The number of nitrogens with zero attached hydrogens (tertiary/aromatic N) is 1. The summed E-state index contributed by atoms with van der Waals surface area (Å²) in [6, 6.07) is 7.24. The van der Waals surface area contributed by atoms with Crippen molar-refractivity contribution in [1.29, 1.82) is 0 Å². The fourth-order valence-corrected chi connectivity index (χ4v) is 2.03. The van der Waals surface area contributed by atoms with Crippen LogP contribution >= 0.6 is 0 Å². The van der Waals surface area contributed by atoms with Gasteiger partial charge in [-0.2, -0.15) is 0 Å². The number of aromatic nitrogens is 2. The largest absolute Gasteiger partial charge is 0.395 e. The van der Waals surface area contributed by atoms with Crippen LogP contribution < -0.4 is 10.6 Å². The number of aliphatic hydroxyl groups excluding tert-OH is 1. The number of urea groups is 1. The maximum Gasteiger partial charge on any atom is 0.315 e. The maximum atomic E-state index is 11.7. The Morgan fingerprint density at radius 3 is 2.80 bits per heavy atom. The van der Waals surface area contributed by atoms with E-state index in [0.717, 1.165) is 16.9 Å². The predicted octanol–water partition coefficient (Wildman–Crippen LogP) is 1.55. The van der Waals surface area contributed by atoms with Crippen LogP contribution in [0.4, 0.5) is 4.79 Å². The number of rotatable bonds is 5. The molecule has 0 bridgehead atoms. The first-order chi connectivity index (χ1) is 9.61. The minimum atomic E-state index is -0.307. The molecule has 108 valence electrons. The van der Waals surface area contributed by atoms with Crippen molar-refractivity contribution in [3.05, 3.63) is 30.1 Å². The number of para-hydroxylation sites is 2. The lowest BCUT2D eigenvalue weighted by molar-refractivity contribution is 0.226. The van der Waals surface area contributed by atoms with Gasteiger partial charge in [-0.15, -0.1) is 0 Å². The first-order valence-electron chi connectivity index (χ1n) is 6.71. The molecule has 0 saturated carbocycles. The van der Waals surface area contributed by atoms with Crippen molar-refractivity contribution < 1.29 is 9.90 Å². The molecule has 1 heterocycles. The first-order valence-corrected chi connectivity index (χ1v) is 6.71. The summed E-state index contributed by atoms with van der Waals surface area (Å²) in [6.07, 6.45) is 0. The Morgan fingerprint density at radius 2 is 2.15 bits per heavy atom. The number of hydrogen-bond donors (Lipinski definition) is 4. The number of amides is 2. The van der Waals surface area contributed by atoms with Crippen molar-refractivity contribution >= 4 is 17.1 Å². The zero-order chi connectivity index (χ0) is 14.5. The quantitative estimate of drug-likeness (QED) is 0.668. The van der Waals surface area contributed by atoms with Gasteiger partial charge in [0.2, 0.25) is 0 Å². The molecule has 0 aliphatic rings. The molecule has 20 heavy (non-hydrogen) atoms. The summed E-state index contributed by atoms with van der Waals surface area (Å²) in [5, 5.41) is 14.2. The van der Waals surface area contributed by atoms with Crippen LogP contribution in [0.5, 0.6) is 0 Å². The molecule has 2 aromatic rings. The van der Waals surface area contributed by atoms with Gasteiger partial charge in [-0.05, 0) is 18.1 Å². The maximum absolute atomic E-state index is 11.7. The van der Waals surface area contributed by atoms with E-state index >= 15 is 0 Å². The number of aliphatic hydroxyl groups is 1. The van der Waals surface area contributed by atoms with E-state index in [9.17, 15) is 4.79 Å².